The van der Waals surface area contributed by atoms with Crippen LogP contribution in [0.2, 0.25) is 0 Å². The van der Waals surface area contributed by atoms with E-state index in [1.54, 1.807) is 6.20 Å². The Morgan fingerprint density at radius 3 is 2.52 bits per heavy atom. The van der Waals surface area contributed by atoms with Crippen LogP contribution in [0, 0.1) is 5.92 Å². The third-order valence-corrected chi connectivity index (χ3v) is 5.84. The van der Waals surface area contributed by atoms with Crippen LogP contribution in [-0.4, -0.2) is 34.0 Å². The topological polar surface area (TPSA) is 42.4 Å². The monoisotopic (exact) mass is 314 g/mol. The highest BCUT2D eigenvalue weighted by molar-refractivity contribution is 5.77. The summed E-state index contributed by atoms with van der Waals surface area (Å²) in [6.45, 7) is 0. The van der Waals surface area contributed by atoms with E-state index in [0.717, 1.165) is 32.1 Å². The Bertz CT molecular complexity index is 528. The molecule has 4 nitrogen and oxygen atoms in total. The molecule has 1 saturated carbocycles. The fourth-order valence-electron chi connectivity index (χ4n) is 4.78. The fraction of sp³-hybridized carbons (Fsp3) is 0.684. The van der Waals surface area contributed by atoms with E-state index in [4.69, 9.17) is 4.74 Å². The second-order valence-electron chi connectivity index (χ2n) is 7.42. The summed E-state index contributed by atoms with van der Waals surface area (Å²) in [4.78, 5) is 19.2. The number of aromatic nitrogens is 1. The van der Waals surface area contributed by atoms with Crippen LogP contribution in [0.1, 0.15) is 57.8 Å². The van der Waals surface area contributed by atoms with Crippen molar-refractivity contribution >= 4 is 5.91 Å². The zero-order valence-electron chi connectivity index (χ0n) is 13.7. The van der Waals surface area contributed by atoms with Gasteiger partial charge in [0.1, 0.15) is 6.10 Å². The highest BCUT2D eigenvalue weighted by Gasteiger charge is 2.44. The van der Waals surface area contributed by atoms with E-state index < -0.39 is 0 Å². The zero-order valence-corrected chi connectivity index (χ0v) is 13.7. The Hall–Kier alpha value is -1.58. The number of pyridine rings is 1. The maximum atomic E-state index is 12.8. The Labute approximate surface area is 138 Å². The maximum absolute atomic E-state index is 12.8. The van der Waals surface area contributed by atoms with Gasteiger partial charge in [-0.05, 0) is 37.7 Å². The van der Waals surface area contributed by atoms with Crippen molar-refractivity contribution in [3.8, 4) is 5.88 Å². The fourth-order valence-corrected chi connectivity index (χ4v) is 4.78. The Kier molecular flexibility index (Phi) is 4.23. The highest BCUT2D eigenvalue weighted by Crippen LogP contribution is 2.39. The molecule has 4 rings (SSSR count). The number of hydrogen-bond acceptors (Lipinski definition) is 3. The first kappa shape index (κ1) is 15.0. The van der Waals surface area contributed by atoms with Crippen molar-refractivity contribution in [2.24, 2.45) is 5.92 Å². The van der Waals surface area contributed by atoms with E-state index in [1.807, 2.05) is 18.2 Å². The molecule has 2 atom stereocenters. The number of piperidine rings is 1. The van der Waals surface area contributed by atoms with Gasteiger partial charge >= 0.3 is 0 Å². The summed E-state index contributed by atoms with van der Waals surface area (Å²) in [6.07, 6.45) is 12.1. The summed E-state index contributed by atoms with van der Waals surface area (Å²) in [5.41, 5.74) is 0. The van der Waals surface area contributed by atoms with Gasteiger partial charge in [-0.3, -0.25) is 4.79 Å². The van der Waals surface area contributed by atoms with Gasteiger partial charge in [-0.25, -0.2) is 4.98 Å². The molecule has 4 heteroatoms. The molecule has 124 valence electrons. The van der Waals surface area contributed by atoms with Gasteiger partial charge in [0.15, 0.2) is 0 Å². The summed E-state index contributed by atoms with van der Waals surface area (Å²) < 4.78 is 6.05. The number of nitrogens with zero attached hydrogens (tertiary/aromatic N) is 2. The van der Waals surface area contributed by atoms with Gasteiger partial charge in [0, 0.05) is 43.6 Å². The van der Waals surface area contributed by atoms with Crippen molar-refractivity contribution < 1.29 is 9.53 Å². The minimum atomic E-state index is 0.206. The van der Waals surface area contributed by atoms with Crippen LogP contribution in [-0.2, 0) is 4.79 Å². The third kappa shape index (κ3) is 3.22. The minimum absolute atomic E-state index is 0.206. The zero-order chi connectivity index (χ0) is 15.6. The van der Waals surface area contributed by atoms with Crippen molar-refractivity contribution in [2.75, 3.05) is 0 Å². The number of amides is 1. The van der Waals surface area contributed by atoms with Crippen molar-refractivity contribution in [3.05, 3.63) is 24.4 Å². The molecule has 2 aliphatic heterocycles. The molecule has 3 fully saturated rings. The molecule has 0 N–H and O–H groups in total. The molecule has 0 radical (unpaired) electrons. The molecule has 1 aliphatic carbocycles. The van der Waals surface area contributed by atoms with E-state index in [9.17, 15) is 4.79 Å². The largest absolute Gasteiger partial charge is 0.474 e. The van der Waals surface area contributed by atoms with Crippen LogP contribution in [0.15, 0.2) is 24.4 Å². The van der Waals surface area contributed by atoms with Crippen molar-refractivity contribution in [1.29, 1.82) is 0 Å². The van der Waals surface area contributed by atoms with Crippen LogP contribution in [0.25, 0.3) is 0 Å². The second-order valence-corrected chi connectivity index (χ2v) is 7.42. The third-order valence-electron chi connectivity index (χ3n) is 5.84. The van der Waals surface area contributed by atoms with Crippen LogP contribution in [0.3, 0.4) is 0 Å². The van der Waals surface area contributed by atoms with Gasteiger partial charge in [0.05, 0.1) is 0 Å². The molecule has 0 spiro atoms. The molecule has 1 aromatic rings. The second kappa shape index (κ2) is 6.50. The van der Waals surface area contributed by atoms with Gasteiger partial charge in [0.2, 0.25) is 11.8 Å². The van der Waals surface area contributed by atoms with E-state index in [2.05, 4.69) is 9.88 Å². The van der Waals surface area contributed by atoms with Gasteiger partial charge in [0.25, 0.3) is 0 Å². The summed E-state index contributed by atoms with van der Waals surface area (Å²) in [5, 5.41) is 0. The predicted molar refractivity (Wildman–Crippen MR) is 88.1 cm³/mol. The van der Waals surface area contributed by atoms with E-state index in [-0.39, 0.29) is 6.10 Å². The van der Waals surface area contributed by atoms with Gasteiger partial charge in [-0.2, -0.15) is 0 Å². The lowest BCUT2D eigenvalue weighted by Gasteiger charge is -2.39. The number of carbonyl (C=O) groups is 1. The van der Waals surface area contributed by atoms with Crippen molar-refractivity contribution in [2.45, 2.75) is 76.0 Å². The first-order valence-corrected chi connectivity index (χ1v) is 9.18. The number of ether oxygens (including phenoxy) is 1. The Morgan fingerprint density at radius 1 is 1.13 bits per heavy atom. The predicted octanol–water partition coefficient (Wildman–Crippen LogP) is 3.56. The van der Waals surface area contributed by atoms with Crippen molar-refractivity contribution in [1.82, 2.24) is 9.88 Å². The van der Waals surface area contributed by atoms with Crippen LogP contribution < -0.4 is 4.74 Å². The SMILES string of the molecule is O=C(CC1CCCC1)N1C2CCC1CC(Oc1ccccn1)C2. The summed E-state index contributed by atoms with van der Waals surface area (Å²) in [5.74, 6) is 1.76. The number of rotatable bonds is 4. The molecule has 3 aliphatic rings. The average Bonchev–Trinajstić information content (AvgIpc) is 3.15. The lowest BCUT2D eigenvalue weighted by Crippen LogP contribution is -2.49. The quantitative estimate of drug-likeness (QED) is 0.853. The molecule has 3 heterocycles. The van der Waals surface area contributed by atoms with E-state index in [1.165, 1.54) is 25.7 Å². The highest BCUT2D eigenvalue weighted by atomic mass is 16.5. The molecule has 0 aromatic carbocycles. The lowest BCUT2D eigenvalue weighted by atomic mass is 9.96. The van der Waals surface area contributed by atoms with E-state index >= 15 is 0 Å². The van der Waals surface area contributed by atoms with E-state index in [0.29, 0.717) is 29.8 Å². The molecular formula is C19H26N2O2. The molecule has 23 heavy (non-hydrogen) atoms. The number of fused-ring (bicyclic) bond motifs is 2. The summed E-state index contributed by atoms with van der Waals surface area (Å²) in [6, 6.07) is 6.55. The van der Waals surface area contributed by atoms with Crippen LogP contribution >= 0.6 is 0 Å². The lowest BCUT2D eigenvalue weighted by molar-refractivity contribution is -0.138. The summed E-state index contributed by atoms with van der Waals surface area (Å²) in [7, 11) is 0. The normalized spacial score (nSPS) is 30.6. The average molecular weight is 314 g/mol. The van der Waals surface area contributed by atoms with Crippen LogP contribution in [0.5, 0.6) is 5.88 Å². The van der Waals surface area contributed by atoms with Crippen LogP contribution in [0.4, 0.5) is 0 Å². The molecule has 2 saturated heterocycles. The Morgan fingerprint density at radius 2 is 1.87 bits per heavy atom. The van der Waals surface area contributed by atoms with Crippen molar-refractivity contribution in [3.63, 3.8) is 0 Å². The molecule has 2 unspecified atom stereocenters. The summed E-state index contributed by atoms with van der Waals surface area (Å²) >= 11 is 0. The Balaban J connectivity index is 1.37. The first-order chi connectivity index (χ1) is 11.3. The molecule has 1 aromatic heterocycles. The van der Waals surface area contributed by atoms with Gasteiger partial charge < -0.3 is 9.64 Å². The smallest absolute Gasteiger partial charge is 0.223 e. The minimum Gasteiger partial charge on any atom is -0.474 e. The van der Waals surface area contributed by atoms with Gasteiger partial charge in [-0.1, -0.05) is 18.9 Å². The molecular weight excluding hydrogens is 288 g/mol. The number of carbonyl (C=O) groups excluding carboxylic acids is 1. The molecule has 1 amide bonds. The molecule has 2 bridgehead atoms. The van der Waals surface area contributed by atoms with Gasteiger partial charge in [-0.15, -0.1) is 0 Å². The maximum Gasteiger partial charge on any atom is 0.223 e. The number of hydrogen-bond donors (Lipinski definition) is 0. The standard InChI is InChI=1S/C19H26N2O2/c22-19(11-14-5-1-2-6-14)21-15-8-9-16(21)13-17(12-15)23-18-7-3-4-10-20-18/h3-4,7,10,14-17H,1-2,5-6,8-9,11-13H2. The first-order valence-electron chi connectivity index (χ1n) is 9.18.